The van der Waals surface area contributed by atoms with Gasteiger partial charge in [-0.15, -0.1) is 0 Å². The van der Waals surface area contributed by atoms with Gasteiger partial charge in [-0.05, 0) is 60.4 Å². The number of rotatable bonds is 3. The molecular formula is C26H19Cl2NO3. The van der Waals surface area contributed by atoms with E-state index in [9.17, 15) is 9.59 Å². The highest BCUT2D eigenvalue weighted by atomic mass is 35.5. The summed E-state index contributed by atoms with van der Waals surface area (Å²) in [6, 6.07) is 17.8. The van der Waals surface area contributed by atoms with E-state index in [1.807, 2.05) is 56.3 Å². The third-order valence-corrected chi connectivity index (χ3v) is 6.78. The lowest BCUT2D eigenvalue weighted by Crippen LogP contribution is -2.29. The number of amides is 1. The number of hydrogen-bond acceptors (Lipinski definition) is 3. The largest absolute Gasteiger partial charge is 0.450 e. The smallest absolute Gasteiger partial charge is 0.291 e. The zero-order valence-electron chi connectivity index (χ0n) is 17.5. The lowest BCUT2D eigenvalue weighted by molar-refractivity contribution is 0.0714. The Bertz CT molecular complexity index is 1440. The van der Waals surface area contributed by atoms with E-state index < -0.39 is 6.04 Å². The molecule has 0 spiro atoms. The first-order valence-corrected chi connectivity index (χ1v) is 11.0. The van der Waals surface area contributed by atoms with Crippen LogP contribution in [0.5, 0.6) is 0 Å². The lowest BCUT2D eigenvalue weighted by Gasteiger charge is -2.25. The van der Waals surface area contributed by atoms with Crippen molar-refractivity contribution in [3.8, 4) is 0 Å². The van der Waals surface area contributed by atoms with Gasteiger partial charge < -0.3 is 9.32 Å². The molecule has 0 fully saturated rings. The molecule has 1 aliphatic heterocycles. The fourth-order valence-corrected chi connectivity index (χ4v) is 4.55. The molecule has 6 heteroatoms. The maximum absolute atomic E-state index is 13.7. The lowest BCUT2D eigenvalue weighted by atomic mass is 9.97. The van der Waals surface area contributed by atoms with E-state index in [0.717, 1.165) is 16.7 Å². The third-order valence-electron chi connectivity index (χ3n) is 6.04. The average Bonchev–Trinajstić information content (AvgIpc) is 3.04. The molecule has 0 saturated heterocycles. The Morgan fingerprint density at radius 2 is 1.62 bits per heavy atom. The molecule has 4 nitrogen and oxygen atoms in total. The summed E-state index contributed by atoms with van der Waals surface area (Å²) in [4.78, 5) is 28.8. The van der Waals surface area contributed by atoms with Gasteiger partial charge in [0.25, 0.3) is 5.91 Å². The van der Waals surface area contributed by atoms with Crippen LogP contribution in [-0.2, 0) is 6.54 Å². The van der Waals surface area contributed by atoms with Gasteiger partial charge in [0.05, 0.1) is 27.0 Å². The van der Waals surface area contributed by atoms with E-state index in [0.29, 0.717) is 38.7 Å². The van der Waals surface area contributed by atoms with Crippen molar-refractivity contribution >= 4 is 40.1 Å². The van der Waals surface area contributed by atoms with Crippen molar-refractivity contribution in [3.05, 3.63) is 115 Å². The summed E-state index contributed by atoms with van der Waals surface area (Å²) >= 11 is 12.4. The second kappa shape index (κ2) is 7.80. The summed E-state index contributed by atoms with van der Waals surface area (Å²) in [6.45, 7) is 4.22. The van der Waals surface area contributed by atoms with Crippen LogP contribution in [-0.4, -0.2) is 10.8 Å². The first-order chi connectivity index (χ1) is 15.3. The quantitative estimate of drug-likeness (QED) is 0.350. The Kier molecular flexibility index (Phi) is 5.07. The molecule has 0 N–H and O–H groups in total. The molecule has 32 heavy (non-hydrogen) atoms. The molecule has 5 rings (SSSR count). The number of halogens is 2. The minimum Gasteiger partial charge on any atom is -0.450 e. The van der Waals surface area contributed by atoms with Gasteiger partial charge in [-0.3, -0.25) is 9.59 Å². The Hall–Kier alpha value is -3.08. The molecule has 0 aliphatic carbocycles. The molecule has 0 saturated carbocycles. The number of aryl methyl sites for hydroxylation is 2. The van der Waals surface area contributed by atoms with Crippen LogP contribution in [0, 0.1) is 13.8 Å². The molecule has 0 unspecified atom stereocenters. The van der Waals surface area contributed by atoms with Crippen molar-refractivity contribution in [2.75, 3.05) is 0 Å². The fourth-order valence-electron chi connectivity index (χ4n) is 4.25. The average molecular weight is 464 g/mol. The minimum absolute atomic E-state index is 0.0813. The highest BCUT2D eigenvalue weighted by molar-refractivity contribution is 6.42. The Labute approximate surface area is 195 Å². The zero-order chi connectivity index (χ0) is 22.6. The van der Waals surface area contributed by atoms with E-state index in [2.05, 4.69) is 0 Å². The van der Waals surface area contributed by atoms with Crippen molar-refractivity contribution in [3.63, 3.8) is 0 Å². The van der Waals surface area contributed by atoms with Crippen molar-refractivity contribution in [2.45, 2.75) is 26.4 Å². The first-order valence-electron chi connectivity index (χ1n) is 10.2. The number of carbonyl (C=O) groups excluding carboxylic acids is 1. The topological polar surface area (TPSA) is 50.5 Å². The molecule has 1 aliphatic rings. The predicted molar refractivity (Wildman–Crippen MR) is 127 cm³/mol. The molecule has 4 aromatic rings. The summed E-state index contributed by atoms with van der Waals surface area (Å²) in [7, 11) is 0. The molecular weight excluding hydrogens is 445 g/mol. The van der Waals surface area contributed by atoms with Crippen molar-refractivity contribution in [1.82, 2.24) is 4.90 Å². The number of benzene rings is 3. The minimum atomic E-state index is -0.630. The maximum atomic E-state index is 13.7. The Balaban J connectivity index is 1.76. The molecule has 2 heterocycles. The van der Waals surface area contributed by atoms with E-state index in [1.54, 1.807) is 23.1 Å². The van der Waals surface area contributed by atoms with Gasteiger partial charge in [0.2, 0.25) is 5.76 Å². The van der Waals surface area contributed by atoms with Crippen LogP contribution in [0.4, 0.5) is 0 Å². The predicted octanol–water partition coefficient (Wildman–Crippen LogP) is 6.46. The highest BCUT2D eigenvalue weighted by Crippen LogP contribution is 2.40. The monoisotopic (exact) mass is 463 g/mol. The van der Waals surface area contributed by atoms with Gasteiger partial charge >= 0.3 is 0 Å². The second-order valence-corrected chi connectivity index (χ2v) is 8.92. The molecule has 0 radical (unpaired) electrons. The van der Waals surface area contributed by atoms with Crippen LogP contribution in [0.15, 0.2) is 69.9 Å². The van der Waals surface area contributed by atoms with Gasteiger partial charge in [-0.2, -0.15) is 0 Å². The zero-order valence-corrected chi connectivity index (χ0v) is 19.0. The molecule has 3 aromatic carbocycles. The summed E-state index contributed by atoms with van der Waals surface area (Å²) in [5, 5.41) is 1.24. The highest BCUT2D eigenvalue weighted by Gasteiger charge is 2.42. The van der Waals surface area contributed by atoms with Crippen LogP contribution in [0.2, 0.25) is 10.0 Å². The van der Waals surface area contributed by atoms with Gasteiger partial charge in [-0.25, -0.2) is 0 Å². The first kappa shape index (κ1) is 20.8. The van der Waals surface area contributed by atoms with E-state index in [4.69, 9.17) is 27.6 Å². The summed E-state index contributed by atoms with van der Waals surface area (Å²) in [5.74, 6) is -0.241. The van der Waals surface area contributed by atoms with Crippen molar-refractivity contribution < 1.29 is 9.21 Å². The normalized spacial score (nSPS) is 15.4. The Morgan fingerprint density at radius 3 is 2.34 bits per heavy atom. The van der Waals surface area contributed by atoms with Gasteiger partial charge in [0.1, 0.15) is 5.58 Å². The number of fused-ring (bicyclic) bond motifs is 2. The maximum Gasteiger partial charge on any atom is 0.291 e. The molecule has 0 bridgehead atoms. The van der Waals surface area contributed by atoms with Crippen LogP contribution >= 0.6 is 23.2 Å². The van der Waals surface area contributed by atoms with Gasteiger partial charge in [0.15, 0.2) is 5.43 Å². The molecule has 160 valence electrons. The van der Waals surface area contributed by atoms with Crippen LogP contribution in [0.1, 0.15) is 44.4 Å². The third kappa shape index (κ3) is 3.31. The standard InChI is InChI=1S/C26H19Cl2NO3/c1-14-10-18-21(11-15(14)2)32-25-22(24(18)30)23(17-8-9-19(27)20(28)12-17)29(26(25)31)13-16-6-4-3-5-7-16/h3-12,23H,13H2,1-2H3/t23-/m0/s1. The summed E-state index contributed by atoms with van der Waals surface area (Å²) < 4.78 is 6.06. The van der Waals surface area contributed by atoms with Crippen LogP contribution in [0.3, 0.4) is 0 Å². The van der Waals surface area contributed by atoms with E-state index in [-0.39, 0.29) is 17.1 Å². The summed E-state index contributed by atoms with van der Waals surface area (Å²) in [5.41, 5.74) is 4.18. The number of carbonyl (C=O) groups is 1. The SMILES string of the molecule is Cc1cc2oc3c(c(=O)c2cc1C)[C@H](c1ccc(Cl)c(Cl)c1)N(Cc1ccccc1)C3=O. The van der Waals surface area contributed by atoms with E-state index in [1.165, 1.54) is 0 Å². The molecule has 1 atom stereocenters. The van der Waals surface area contributed by atoms with Gasteiger partial charge in [-0.1, -0.05) is 59.6 Å². The Morgan fingerprint density at radius 1 is 0.906 bits per heavy atom. The van der Waals surface area contributed by atoms with Crippen molar-refractivity contribution in [1.29, 1.82) is 0 Å². The van der Waals surface area contributed by atoms with Crippen LogP contribution in [0.25, 0.3) is 11.0 Å². The van der Waals surface area contributed by atoms with E-state index >= 15 is 0 Å². The fraction of sp³-hybridized carbons (Fsp3) is 0.154. The summed E-state index contributed by atoms with van der Waals surface area (Å²) in [6.07, 6.45) is 0. The molecule has 1 aromatic heterocycles. The van der Waals surface area contributed by atoms with Crippen LogP contribution < -0.4 is 5.43 Å². The molecule has 1 amide bonds. The van der Waals surface area contributed by atoms with Crippen molar-refractivity contribution in [2.24, 2.45) is 0 Å². The second-order valence-electron chi connectivity index (χ2n) is 8.10. The number of hydrogen-bond donors (Lipinski definition) is 0. The van der Waals surface area contributed by atoms with Gasteiger partial charge in [0, 0.05) is 6.54 Å². The number of nitrogens with zero attached hydrogens (tertiary/aromatic N) is 1.